The quantitative estimate of drug-likeness (QED) is 0.813. The summed E-state index contributed by atoms with van der Waals surface area (Å²) in [6.45, 7) is 2.58. The van der Waals surface area contributed by atoms with Gasteiger partial charge < -0.3 is 9.47 Å². The summed E-state index contributed by atoms with van der Waals surface area (Å²) >= 11 is 0. The van der Waals surface area contributed by atoms with Gasteiger partial charge in [0.15, 0.2) is 11.5 Å². The van der Waals surface area contributed by atoms with Crippen LogP contribution in [0.5, 0.6) is 11.5 Å². The Balaban J connectivity index is 1.78. The van der Waals surface area contributed by atoms with E-state index in [1.54, 1.807) is 0 Å². The Labute approximate surface area is 107 Å². The summed E-state index contributed by atoms with van der Waals surface area (Å²) in [5.41, 5.74) is 2.66. The van der Waals surface area contributed by atoms with Crippen molar-refractivity contribution in [3.05, 3.63) is 59.7 Å². The summed E-state index contributed by atoms with van der Waals surface area (Å²) in [6.07, 6.45) is 1.04. The topological polar surface area (TPSA) is 18.5 Å². The Morgan fingerprint density at radius 1 is 1.00 bits per heavy atom. The summed E-state index contributed by atoms with van der Waals surface area (Å²) in [5.74, 6) is 2.19. The molecule has 0 saturated heterocycles. The van der Waals surface area contributed by atoms with E-state index in [0.29, 0.717) is 12.7 Å². The zero-order chi connectivity index (χ0) is 12.4. The third kappa shape index (κ3) is 2.19. The number of benzene rings is 2. The first kappa shape index (κ1) is 11.1. The predicted octanol–water partition coefficient (Wildman–Crippen LogP) is 3.76. The molecule has 0 saturated carbocycles. The van der Waals surface area contributed by atoms with Gasteiger partial charge in [0.25, 0.3) is 0 Å². The molecule has 2 aromatic rings. The molecule has 0 spiro atoms. The molecule has 92 valence electrons. The van der Waals surface area contributed by atoms with Gasteiger partial charge in [-0.1, -0.05) is 43.3 Å². The van der Waals surface area contributed by atoms with Crippen LogP contribution in [0, 0.1) is 0 Å². The van der Waals surface area contributed by atoms with E-state index in [-0.39, 0.29) is 0 Å². The highest BCUT2D eigenvalue weighted by Gasteiger charge is 2.15. The Kier molecular flexibility index (Phi) is 2.93. The maximum atomic E-state index is 5.42. The normalized spacial score (nSPS) is 14.5. The summed E-state index contributed by atoms with van der Waals surface area (Å²) in [6, 6.07) is 16.8. The van der Waals surface area contributed by atoms with E-state index in [0.717, 1.165) is 17.9 Å². The molecular weight excluding hydrogens is 224 g/mol. The van der Waals surface area contributed by atoms with E-state index < -0.39 is 0 Å². The fraction of sp³-hybridized carbons (Fsp3) is 0.250. The van der Waals surface area contributed by atoms with Crippen molar-refractivity contribution in [2.24, 2.45) is 0 Å². The zero-order valence-electron chi connectivity index (χ0n) is 10.4. The smallest absolute Gasteiger partial charge is 0.231 e. The van der Waals surface area contributed by atoms with Gasteiger partial charge in [-0.3, -0.25) is 0 Å². The average molecular weight is 240 g/mol. The van der Waals surface area contributed by atoms with Gasteiger partial charge in [0.1, 0.15) is 0 Å². The van der Waals surface area contributed by atoms with Crippen LogP contribution in [0.2, 0.25) is 0 Å². The van der Waals surface area contributed by atoms with Crippen molar-refractivity contribution in [2.45, 2.75) is 19.3 Å². The van der Waals surface area contributed by atoms with Crippen molar-refractivity contribution < 1.29 is 9.47 Å². The predicted molar refractivity (Wildman–Crippen MR) is 71.1 cm³/mol. The van der Waals surface area contributed by atoms with Crippen molar-refractivity contribution in [3.8, 4) is 11.5 Å². The van der Waals surface area contributed by atoms with E-state index in [4.69, 9.17) is 9.47 Å². The number of hydrogen-bond donors (Lipinski definition) is 0. The SMILES string of the molecule is CC(Cc1ccccc1)c1ccc2c(c1)OCO2. The van der Waals surface area contributed by atoms with Gasteiger partial charge in [-0.05, 0) is 35.6 Å². The van der Waals surface area contributed by atoms with Gasteiger partial charge in [-0.25, -0.2) is 0 Å². The van der Waals surface area contributed by atoms with Crippen molar-refractivity contribution in [1.82, 2.24) is 0 Å². The molecule has 3 rings (SSSR count). The molecule has 1 atom stereocenters. The number of rotatable bonds is 3. The molecule has 0 N–H and O–H groups in total. The molecule has 1 heterocycles. The third-order valence-corrected chi connectivity index (χ3v) is 3.35. The Morgan fingerprint density at radius 2 is 1.78 bits per heavy atom. The van der Waals surface area contributed by atoms with Crippen LogP contribution < -0.4 is 9.47 Å². The average Bonchev–Trinajstić information content (AvgIpc) is 2.87. The van der Waals surface area contributed by atoms with Crippen molar-refractivity contribution in [1.29, 1.82) is 0 Å². The first-order valence-corrected chi connectivity index (χ1v) is 6.26. The summed E-state index contributed by atoms with van der Waals surface area (Å²) in [5, 5.41) is 0. The van der Waals surface area contributed by atoms with Crippen LogP contribution in [0.15, 0.2) is 48.5 Å². The van der Waals surface area contributed by atoms with Crippen LogP contribution in [0.4, 0.5) is 0 Å². The minimum Gasteiger partial charge on any atom is -0.454 e. The van der Waals surface area contributed by atoms with Crippen LogP contribution in [0.3, 0.4) is 0 Å². The van der Waals surface area contributed by atoms with Gasteiger partial charge in [0.2, 0.25) is 6.79 Å². The van der Waals surface area contributed by atoms with Gasteiger partial charge in [-0.15, -0.1) is 0 Å². The molecule has 1 unspecified atom stereocenters. The van der Waals surface area contributed by atoms with Crippen LogP contribution in [0.1, 0.15) is 24.0 Å². The molecular formula is C16H16O2. The van der Waals surface area contributed by atoms with E-state index in [9.17, 15) is 0 Å². The maximum absolute atomic E-state index is 5.42. The van der Waals surface area contributed by atoms with Crippen molar-refractivity contribution in [3.63, 3.8) is 0 Å². The van der Waals surface area contributed by atoms with Crippen LogP contribution in [0.25, 0.3) is 0 Å². The second-order valence-electron chi connectivity index (χ2n) is 4.70. The molecule has 18 heavy (non-hydrogen) atoms. The lowest BCUT2D eigenvalue weighted by Gasteiger charge is -2.12. The molecule has 2 heteroatoms. The summed E-state index contributed by atoms with van der Waals surface area (Å²) in [7, 11) is 0. The van der Waals surface area contributed by atoms with Crippen LogP contribution in [-0.2, 0) is 6.42 Å². The lowest BCUT2D eigenvalue weighted by atomic mass is 9.93. The molecule has 0 aliphatic carbocycles. The molecule has 0 radical (unpaired) electrons. The monoisotopic (exact) mass is 240 g/mol. The van der Waals surface area contributed by atoms with Gasteiger partial charge in [-0.2, -0.15) is 0 Å². The fourth-order valence-corrected chi connectivity index (χ4v) is 2.31. The second kappa shape index (κ2) is 4.73. The Morgan fingerprint density at radius 3 is 2.61 bits per heavy atom. The molecule has 1 aliphatic heterocycles. The highest BCUT2D eigenvalue weighted by Crippen LogP contribution is 2.35. The largest absolute Gasteiger partial charge is 0.454 e. The van der Waals surface area contributed by atoms with Gasteiger partial charge in [0.05, 0.1) is 0 Å². The molecule has 0 amide bonds. The van der Waals surface area contributed by atoms with E-state index in [1.165, 1.54) is 11.1 Å². The molecule has 2 aromatic carbocycles. The standard InChI is InChI=1S/C16H16O2/c1-12(9-13-5-3-2-4-6-13)14-7-8-15-16(10-14)18-11-17-15/h2-8,10,12H,9,11H2,1H3. The third-order valence-electron chi connectivity index (χ3n) is 3.35. The van der Waals surface area contributed by atoms with Crippen molar-refractivity contribution >= 4 is 0 Å². The highest BCUT2D eigenvalue weighted by molar-refractivity contribution is 5.45. The minimum absolute atomic E-state index is 0.339. The number of ether oxygens (including phenoxy) is 2. The first-order valence-electron chi connectivity index (χ1n) is 6.26. The molecule has 0 fully saturated rings. The number of fused-ring (bicyclic) bond motifs is 1. The van der Waals surface area contributed by atoms with Crippen molar-refractivity contribution in [2.75, 3.05) is 6.79 Å². The molecule has 0 aromatic heterocycles. The lowest BCUT2D eigenvalue weighted by molar-refractivity contribution is 0.174. The maximum Gasteiger partial charge on any atom is 0.231 e. The second-order valence-corrected chi connectivity index (χ2v) is 4.70. The highest BCUT2D eigenvalue weighted by atomic mass is 16.7. The first-order chi connectivity index (χ1) is 8.83. The van der Waals surface area contributed by atoms with Crippen LogP contribution >= 0.6 is 0 Å². The molecule has 1 aliphatic rings. The summed E-state index contributed by atoms with van der Waals surface area (Å²) < 4.78 is 10.7. The Hall–Kier alpha value is -1.96. The zero-order valence-corrected chi connectivity index (χ0v) is 10.4. The van der Waals surface area contributed by atoms with E-state index in [2.05, 4.69) is 49.4 Å². The molecule has 0 bridgehead atoms. The van der Waals surface area contributed by atoms with Gasteiger partial charge in [0, 0.05) is 0 Å². The Bertz CT molecular complexity index is 534. The fourth-order valence-electron chi connectivity index (χ4n) is 2.31. The van der Waals surface area contributed by atoms with Gasteiger partial charge >= 0.3 is 0 Å². The van der Waals surface area contributed by atoms with E-state index in [1.807, 2.05) is 6.07 Å². The number of hydrogen-bond acceptors (Lipinski definition) is 2. The van der Waals surface area contributed by atoms with Crippen LogP contribution in [-0.4, -0.2) is 6.79 Å². The lowest BCUT2D eigenvalue weighted by Crippen LogP contribution is -1.98. The molecule has 2 nitrogen and oxygen atoms in total. The summed E-state index contributed by atoms with van der Waals surface area (Å²) in [4.78, 5) is 0. The van der Waals surface area contributed by atoms with E-state index >= 15 is 0 Å². The minimum atomic E-state index is 0.339.